The van der Waals surface area contributed by atoms with Crippen LogP contribution in [0.15, 0.2) is 0 Å². The molecule has 1 rings (SSSR count). The molecule has 0 amide bonds. The molecule has 0 spiro atoms. The molecule has 0 aliphatic heterocycles. The van der Waals surface area contributed by atoms with Crippen LogP contribution in [0.2, 0.25) is 0 Å². The van der Waals surface area contributed by atoms with Crippen LogP contribution in [0.4, 0.5) is 0 Å². The summed E-state index contributed by atoms with van der Waals surface area (Å²) in [6.07, 6.45) is 10.3. The molecule has 1 fully saturated rings. The lowest BCUT2D eigenvalue weighted by Crippen LogP contribution is -2.27. The smallest absolute Gasteiger partial charge is 0.0214 e. The minimum absolute atomic E-state index is 0.909. The van der Waals surface area contributed by atoms with E-state index in [-0.39, 0.29) is 0 Å². The van der Waals surface area contributed by atoms with Crippen molar-refractivity contribution in [3.05, 3.63) is 0 Å². The van der Waals surface area contributed by atoms with Gasteiger partial charge in [0.2, 0.25) is 0 Å². The third kappa shape index (κ3) is 3.78. The third-order valence-electron chi connectivity index (χ3n) is 2.33. The molecule has 0 radical (unpaired) electrons. The van der Waals surface area contributed by atoms with Crippen LogP contribution in [0.3, 0.4) is 0 Å². The summed E-state index contributed by atoms with van der Waals surface area (Å²) in [6, 6.07) is 0. The predicted octanol–water partition coefficient (Wildman–Crippen LogP) is 2.13. The highest BCUT2D eigenvalue weighted by Crippen LogP contribution is 2.29. The normalized spacial score (nSPS) is 16.4. The summed E-state index contributed by atoms with van der Waals surface area (Å²) in [5.41, 5.74) is 0. The zero-order chi connectivity index (χ0) is 8.81. The molecule has 1 saturated carbocycles. The Morgan fingerprint density at radius 1 is 1.42 bits per heavy atom. The molecule has 1 nitrogen and oxygen atoms in total. The van der Waals surface area contributed by atoms with E-state index >= 15 is 0 Å². The zero-order valence-corrected chi connectivity index (χ0v) is 8.05. The summed E-state index contributed by atoms with van der Waals surface area (Å²) in [7, 11) is 0. The summed E-state index contributed by atoms with van der Waals surface area (Å²) in [4.78, 5) is 2.51. The Morgan fingerprint density at radius 2 is 2.17 bits per heavy atom. The van der Waals surface area contributed by atoms with Crippen molar-refractivity contribution in [2.45, 2.75) is 32.6 Å². The number of rotatable bonds is 6. The maximum Gasteiger partial charge on any atom is 0.0214 e. The summed E-state index contributed by atoms with van der Waals surface area (Å²) in [5.74, 6) is 3.70. The molecule has 12 heavy (non-hydrogen) atoms. The minimum Gasteiger partial charge on any atom is -0.302 e. The first-order valence-electron chi connectivity index (χ1n) is 5.02. The lowest BCUT2D eigenvalue weighted by Gasteiger charge is -2.19. The Kier molecular flexibility index (Phi) is 4.18. The van der Waals surface area contributed by atoms with Gasteiger partial charge in [0.15, 0.2) is 0 Å². The highest BCUT2D eigenvalue weighted by molar-refractivity contribution is 4.86. The van der Waals surface area contributed by atoms with E-state index in [0.717, 1.165) is 18.9 Å². The highest BCUT2D eigenvalue weighted by atomic mass is 15.1. The Bertz CT molecular complexity index is 153. The van der Waals surface area contributed by atoms with E-state index in [1.54, 1.807) is 0 Å². The quantitative estimate of drug-likeness (QED) is 0.545. The van der Waals surface area contributed by atoms with E-state index < -0.39 is 0 Å². The molecule has 0 atom stereocenters. The maximum atomic E-state index is 5.24. The number of hydrogen-bond acceptors (Lipinski definition) is 1. The Hall–Kier alpha value is -0.480. The zero-order valence-electron chi connectivity index (χ0n) is 8.05. The molecule has 1 heteroatoms. The number of terminal acetylenes is 1. The van der Waals surface area contributed by atoms with Crippen LogP contribution in [0.5, 0.6) is 0 Å². The number of nitrogens with zero attached hydrogens (tertiary/aromatic N) is 1. The van der Waals surface area contributed by atoms with Crippen LogP contribution in [-0.4, -0.2) is 24.5 Å². The maximum absolute atomic E-state index is 5.24. The van der Waals surface area contributed by atoms with E-state index in [0.29, 0.717) is 0 Å². The fraction of sp³-hybridized carbons (Fsp3) is 0.818. The van der Waals surface area contributed by atoms with Gasteiger partial charge in [0.1, 0.15) is 0 Å². The Labute approximate surface area is 76.1 Å². The Morgan fingerprint density at radius 3 is 2.67 bits per heavy atom. The SMILES string of the molecule is C#CCCN(CCC)CC1CC1. The lowest BCUT2D eigenvalue weighted by molar-refractivity contribution is 0.269. The van der Waals surface area contributed by atoms with Crippen molar-refractivity contribution in [2.24, 2.45) is 5.92 Å². The van der Waals surface area contributed by atoms with Gasteiger partial charge in [-0.3, -0.25) is 0 Å². The second-order valence-corrected chi connectivity index (χ2v) is 3.70. The third-order valence-corrected chi connectivity index (χ3v) is 2.33. The van der Waals surface area contributed by atoms with E-state index in [2.05, 4.69) is 17.7 Å². The molecule has 1 aliphatic carbocycles. The first-order chi connectivity index (χ1) is 5.86. The minimum atomic E-state index is 0.909. The average molecular weight is 165 g/mol. The largest absolute Gasteiger partial charge is 0.302 e. The molecule has 0 N–H and O–H groups in total. The van der Waals surface area contributed by atoms with Crippen LogP contribution in [0.1, 0.15) is 32.6 Å². The average Bonchev–Trinajstić information content (AvgIpc) is 2.84. The van der Waals surface area contributed by atoms with Crippen LogP contribution in [0, 0.1) is 18.3 Å². The van der Waals surface area contributed by atoms with Gasteiger partial charge in [-0.25, -0.2) is 0 Å². The van der Waals surface area contributed by atoms with Gasteiger partial charge in [-0.05, 0) is 31.7 Å². The summed E-state index contributed by atoms with van der Waals surface area (Å²) in [5, 5.41) is 0. The molecule has 0 aromatic rings. The molecule has 0 unspecified atom stereocenters. The molecular formula is C11H19N. The second kappa shape index (κ2) is 5.22. The molecule has 0 heterocycles. The topological polar surface area (TPSA) is 3.24 Å². The molecule has 0 bridgehead atoms. The van der Waals surface area contributed by atoms with Gasteiger partial charge in [-0.15, -0.1) is 12.3 Å². The molecule has 1 aliphatic rings. The van der Waals surface area contributed by atoms with Crippen molar-refractivity contribution in [1.82, 2.24) is 4.90 Å². The first kappa shape index (κ1) is 9.61. The van der Waals surface area contributed by atoms with Gasteiger partial charge in [0, 0.05) is 19.5 Å². The molecule has 0 aromatic heterocycles. The molecule has 68 valence electrons. The second-order valence-electron chi connectivity index (χ2n) is 3.70. The summed E-state index contributed by atoms with van der Waals surface area (Å²) in [6.45, 7) is 5.84. The van der Waals surface area contributed by atoms with Crippen LogP contribution in [-0.2, 0) is 0 Å². The van der Waals surface area contributed by atoms with Crippen molar-refractivity contribution in [3.8, 4) is 12.3 Å². The summed E-state index contributed by atoms with van der Waals surface area (Å²) < 4.78 is 0. The molecule has 0 aromatic carbocycles. The fourth-order valence-electron chi connectivity index (χ4n) is 1.50. The van der Waals surface area contributed by atoms with E-state index in [9.17, 15) is 0 Å². The fourth-order valence-corrected chi connectivity index (χ4v) is 1.50. The van der Waals surface area contributed by atoms with Gasteiger partial charge in [-0.1, -0.05) is 6.92 Å². The van der Waals surface area contributed by atoms with Crippen molar-refractivity contribution in [3.63, 3.8) is 0 Å². The van der Waals surface area contributed by atoms with Crippen molar-refractivity contribution < 1.29 is 0 Å². The molecular weight excluding hydrogens is 146 g/mol. The van der Waals surface area contributed by atoms with Crippen molar-refractivity contribution >= 4 is 0 Å². The van der Waals surface area contributed by atoms with E-state index in [1.165, 1.54) is 32.4 Å². The highest BCUT2D eigenvalue weighted by Gasteiger charge is 2.23. The lowest BCUT2D eigenvalue weighted by atomic mass is 10.3. The van der Waals surface area contributed by atoms with Gasteiger partial charge in [-0.2, -0.15) is 0 Å². The number of hydrogen-bond donors (Lipinski definition) is 0. The monoisotopic (exact) mass is 165 g/mol. The Balaban J connectivity index is 2.12. The van der Waals surface area contributed by atoms with Gasteiger partial charge >= 0.3 is 0 Å². The van der Waals surface area contributed by atoms with Crippen LogP contribution >= 0.6 is 0 Å². The van der Waals surface area contributed by atoms with Crippen LogP contribution < -0.4 is 0 Å². The van der Waals surface area contributed by atoms with Gasteiger partial charge < -0.3 is 4.90 Å². The van der Waals surface area contributed by atoms with E-state index in [4.69, 9.17) is 6.42 Å². The summed E-state index contributed by atoms with van der Waals surface area (Å²) >= 11 is 0. The first-order valence-corrected chi connectivity index (χ1v) is 5.02. The van der Waals surface area contributed by atoms with Gasteiger partial charge in [0.25, 0.3) is 0 Å². The van der Waals surface area contributed by atoms with E-state index in [1.807, 2.05) is 0 Å². The van der Waals surface area contributed by atoms with Crippen LogP contribution in [0.25, 0.3) is 0 Å². The standard InChI is InChI=1S/C11H19N/c1-3-5-9-12(8-4-2)10-11-6-7-11/h1,11H,4-10H2,2H3. The van der Waals surface area contributed by atoms with Gasteiger partial charge in [0.05, 0.1) is 0 Å². The molecule has 0 saturated heterocycles. The van der Waals surface area contributed by atoms with Crippen molar-refractivity contribution in [1.29, 1.82) is 0 Å². The predicted molar refractivity (Wildman–Crippen MR) is 52.9 cm³/mol. The van der Waals surface area contributed by atoms with Crippen molar-refractivity contribution in [2.75, 3.05) is 19.6 Å².